The molecular weight excluding hydrogens is 208 g/mol. The lowest BCUT2D eigenvalue weighted by Gasteiger charge is -2.22. The Hall–Kier alpha value is -0.570. The van der Waals surface area contributed by atoms with Crippen LogP contribution in [-0.4, -0.2) is 18.0 Å². The number of nitrogens with two attached hydrogens (primary N) is 1. The SMILES string of the molecule is CCCN1Cc2c(Cl)cccc2C1CN. The average molecular weight is 225 g/mol. The molecule has 1 aromatic rings. The van der Waals surface area contributed by atoms with Gasteiger partial charge in [-0.1, -0.05) is 30.7 Å². The van der Waals surface area contributed by atoms with Crippen LogP contribution in [-0.2, 0) is 6.54 Å². The summed E-state index contributed by atoms with van der Waals surface area (Å²) in [5.74, 6) is 0. The topological polar surface area (TPSA) is 29.3 Å². The number of rotatable bonds is 3. The minimum absolute atomic E-state index is 0.360. The molecule has 0 aromatic heterocycles. The van der Waals surface area contributed by atoms with Crippen molar-refractivity contribution in [2.75, 3.05) is 13.1 Å². The van der Waals surface area contributed by atoms with E-state index in [0.717, 1.165) is 24.5 Å². The van der Waals surface area contributed by atoms with Gasteiger partial charge in [-0.3, -0.25) is 4.90 Å². The molecule has 1 aliphatic rings. The number of fused-ring (bicyclic) bond motifs is 1. The Morgan fingerprint density at radius 2 is 2.33 bits per heavy atom. The second-order valence-electron chi connectivity index (χ2n) is 4.03. The van der Waals surface area contributed by atoms with E-state index in [2.05, 4.69) is 17.9 Å². The third-order valence-electron chi connectivity index (χ3n) is 3.05. The molecule has 2 N–H and O–H groups in total. The van der Waals surface area contributed by atoms with Crippen LogP contribution in [0.2, 0.25) is 5.02 Å². The molecule has 0 saturated carbocycles. The molecule has 3 heteroatoms. The molecule has 0 bridgehead atoms. The molecule has 15 heavy (non-hydrogen) atoms. The Morgan fingerprint density at radius 1 is 1.53 bits per heavy atom. The van der Waals surface area contributed by atoms with Gasteiger partial charge in [-0.05, 0) is 30.2 Å². The van der Waals surface area contributed by atoms with Crippen molar-refractivity contribution in [3.8, 4) is 0 Å². The highest BCUT2D eigenvalue weighted by Gasteiger charge is 2.29. The molecule has 0 spiro atoms. The molecule has 1 unspecified atom stereocenters. The van der Waals surface area contributed by atoms with Crippen LogP contribution in [0.1, 0.15) is 30.5 Å². The third-order valence-corrected chi connectivity index (χ3v) is 3.40. The second-order valence-corrected chi connectivity index (χ2v) is 4.44. The first-order valence-electron chi connectivity index (χ1n) is 5.49. The molecule has 0 fully saturated rings. The van der Waals surface area contributed by atoms with Crippen molar-refractivity contribution in [3.63, 3.8) is 0 Å². The first kappa shape index (κ1) is 10.9. The van der Waals surface area contributed by atoms with Crippen molar-refractivity contribution in [2.45, 2.75) is 25.9 Å². The summed E-state index contributed by atoms with van der Waals surface area (Å²) in [5, 5.41) is 0.879. The summed E-state index contributed by atoms with van der Waals surface area (Å²) >= 11 is 6.19. The van der Waals surface area contributed by atoms with E-state index in [1.54, 1.807) is 0 Å². The van der Waals surface area contributed by atoms with Crippen LogP contribution in [0.3, 0.4) is 0 Å². The molecular formula is C12H17ClN2. The number of benzene rings is 1. The van der Waals surface area contributed by atoms with Crippen LogP contribution in [0, 0.1) is 0 Å². The van der Waals surface area contributed by atoms with Crippen LogP contribution >= 0.6 is 11.6 Å². The van der Waals surface area contributed by atoms with Crippen LogP contribution in [0.5, 0.6) is 0 Å². The molecule has 1 heterocycles. The first-order chi connectivity index (χ1) is 7.27. The maximum Gasteiger partial charge on any atom is 0.0477 e. The molecule has 0 aliphatic carbocycles. The monoisotopic (exact) mass is 224 g/mol. The van der Waals surface area contributed by atoms with Gasteiger partial charge in [-0.2, -0.15) is 0 Å². The fourth-order valence-electron chi connectivity index (χ4n) is 2.36. The van der Waals surface area contributed by atoms with E-state index in [0.29, 0.717) is 12.6 Å². The summed E-state index contributed by atoms with van der Waals surface area (Å²) in [5.41, 5.74) is 8.42. The number of halogens is 1. The van der Waals surface area contributed by atoms with Crippen LogP contribution in [0.25, 0.3) is 0 Å². The van der Waals surface area contributed by atoms with Crippen molar-refractivity contribution in [2.24, 2.45) is 5.73 Å². The van der Waals surface area contributed by atoms with Crippen LogP contribution < -0.4 is 5.73 Å². The Bertz CT molecular complexity index is 351. The number of hydrogen-bond donors (Lipinski definition) is 1. The standard InChI is InChI=1S/C12H17ClN2/c1-2-6-15-8-10-9(12(15)7-14)4-3-5-11(10)13/h3-5,12H,2,6-8,14H2,1H3. The second kappa shape index (κ2) is 4.52. The summed E-state index contributed by atoms with van der Waals surface area (Å²) in [4.78, 5) is 2.41. The predicted octanol–water partition coefficient (Wildman–Crippen LogP) is 2.57. The van der Waals surface area contributed by atoms with Gasteiger partial charge in [0.05, 0.1) is 0 Å². The van der Waals surface area contributed by atoms with Crippen molar-refractivity contribution < 1.29 is 0 Å². The Labute approximate surface area is 96.0 Å². The van der Waals surface area contributed by atoms with Gasteiger partial charge >= 0.3 is 0 Å². The normalized spacial score (nSPS) is 20.6. The van der Waals surface area contributed by atoms with Crippen LogP contribution in [0.4, 0.5) is 0 Å². The van der Waals surface area contributed by atoms with Gasteiger partial charge in [0.2, 0.25) is 0 Å². The molecule has 2 nitrogen and oxygen atoms in total. The van der Waals surface area contributed by atoms with Crippen molar-refractivity contribution in [1.82, 2.24) is 4.90 Å². The lowest BCUT2D eigenvalue weighted by Crippen LogP contribution is -2.28. The van der Waals surface area contributed by atoms with Gasteiger partial charge < -0.3 is 5.73 Å². The minimum atomic E-state index is 0.360. The van der Waals surface area contributed by atoms with Gasteiger partial charge in [-0.25, -0.2) is 0 Å². The molecule has 0 amide bonds. The van der Waals surface area contributed by atoms with E-state index in [9.17, 15) is 0 Å². The molecule has 1 aliphatic heterocycles. The van der Waals surface area contributed by atoms with E-state index in [4.69, 9.17) is 17.3 Å². The maximum atomic E-state index is 6.19. The van der Waals surface area contributed by atoms with E-state index < -0.39 is 0 Å². The van der Waals surface area contributed by atoms with Crippen molar-refractivity contribution in [3.05, 3.63) is 34.3 Å². The third kappa shape index (κ3) is 1.89. The zero-order valence-corrected chi connectivity index (χ0v) is 9.80. The highest BCUT2D eigenvalue weighted by Crippen LogP contribution is 2.36. The van der Waals surface area contributed by atoms with Gasteiger partial charge in [0.1, 0.15) is 0 Å². The lowest BCUT2D eigenvalue weighted by atomic mass is 10.1. The molecule has 1 atom stereocenters. The largest absolute Gasteiger partial charge is 0.329 e. The van der Waals surface area contributed by atoms with Gasteiger partial charge in [-0.15, -0.1) is 0 Å². The smallest absolute Gasteiger partial charge is 0.0477 e. The lowest BCUT2D eigenvalue weighted by molar-refractivity contribution is 0.220. The van der Waals surface area contributed by atoms with E-state index in [1.165, 1.54) is 11.1 Å². The average Bonchev–Trinajstić information content (AvgIpc) is 2.58. The Kier molecular flexibility index (Phi) is 3.29. The highest BCUT2D eigenvalue weighted by atomic mass is 35.5. The fourth-order valence-corrected chi connectivity index (χ4v) is 2.60. The van der Waals surface area contributed by atoms with Gasteiger partial charge in [0.15, 0.2) is 0 Å². The van der Waals surface area contributed by atoms with Crippen molar-refractivity contribution >= 4 is 11.6 Å². The Morgan fingerprint density at radius 3 is 3.00 bits per heavy atom. The zero-order chi connectivity index (χ0) is 10.8. The zero-order valence-electron chi connectivity index (χ0n) is 9.04. The fraction of sp³-hybridized carbons (Fsp3) is 0.500. The molecule has 1 aromatic carbocycles. The summed E-state index contributed by atoms with van der Waals surface area (Å²) in [7, 11) is 0. The molecule has 0 radical (unpaired) electrons. The van der Waals surface area contributed by atoms with Crippen molar-refractivity contribution in [1.29, 1.82) is 0 Å². The molecule has 0 saturated heterocycles. The predicted molar refractivity (Wildman–Crippen MR) is 63.9 cm³/mol. The summed E-state index contributed by atoms with van der Waals surface area (Å²) < 4.78 is 0. The number of hydrogen-bond acceptors (Lipinski definition) is 2. The quantitative estimate of drug-likeness (QED) is 0.855. The maximum absolute atomic E-state index is 6.19. The summed E-state index contributed by atoms with van der Waals surface area (Å²) in [6.07, 6.45) is 1.15. The molecule has 82 valence electrons. The van der Waals surface area contributed by atoms with Crippen LogP contribution in [0.15, 0.2) is 18.2 Å². The van der Waals surface area contributed by atoms with Gasteiger partial charge in [0, 0.05) is 24.2 Å². The van der Waals surface area contributed by atoms with E-state index in [1.807, 2.05) is 12.1 Å². The number of nitrogens with zero attached hydrogens (tertiary/aromatic N) is 1. The minimum Gasteiger partial charge on any atom is -0.329 e. The highest BCUT2D eigenvalue weighted by molar-refractivity contribution is 6.31. The molecule has 2 rings (SSSR count). The van der Waals surface area contributed by atoms with E-state index >= 15 is 0 Å². The summed E-state index contributed by atoms with van der Waals surface area (Å²) in [6.45, 7) is 4.91. The summed E-state index contributed by atoms with van der Waals surface area (Å²) in [6, 6.07) is 6.48. The Balaban J connectivity index is 2.32. The van der Waals surface area contributed by atoms with E-state index in [-0.39, 0.29) is 0 Å². The first-order valence-corrected chi connectivity index (χ1v) is 5.87. The van der Waals surface area contributed by atoms with Gasteiger partial charge in [0.25, 0.3) is 0 Å².